The lowest BCUT2D eigenvalue weighted by molar-refractivity contribution is -0.132. The number of fused-ring (bicyclic) bond motifs is 1. The van der Waals surface area contributed by atoms with Crippen LogP contribution >= 0.6 is 0 Å². The van der Waals surface area contributed by atoms with Gasteiger partial charge in [0.05, 0.1) is 17.1 Å². The normalized spacial score (nSPS) is 48.7. The van der Waals surface area contributed by atoms with E-state index in [1.807, 2.05) is 6.92 Å². The van der Waals surface area contributed by atoms with E-state index in [2.05, 4.69) is 19.9 Å². The van der Waals surface area contributed by atoms with Gasteiger partial charge in [-0.25, -0.2) is 0 Å². The molecule has 0 aromatic rings. The third kappa shape index (κ3) is 1.39. The van der Waals surface area contributed by atoms with Crippen LogP contribution in [0.25, 0.3) is 0 Å². The summed E-state index contributed by atoms with van der Waals surface area (Å²) in [6.07, 6.45) is 5.04. The van der Waals surface area contributed by atoms with Crippen molar-refractivity contribution in [2.45, 2.75) is 57.3 Å². The zero-order valence-corrected chi connectivity index (χ0v) is 12.6. The number of hydrogen-bond acceptors (Lipinski definition) is 4. The zero-order valence-electron chi connectivity index (χ0n) is 12.6. The Morgan fingerprint density at radius 1 is 1.50 bits per heavy atom. The topological polar surface area (TPSA) is 55.9 Å². The van der Waals surface area contributed by atoms with E-state index in [0.29, 0.717) is 12.8 Å². The molecule has 5 atom stereocenters. The number of carbonyl (C=O) groups is 2. The first-order chi connectivity index (χ1) is 9.39. The molecule has 4 nitrogen and oxygen atoms in total. The van der Waals surface area contributed by atoms with Crippen molar-refractivity contribution in [3.63, 3.8) is 0 Å². The fraction of sp³-hybridized carbons (Fsp3) is 0.750. The van der Waals surface area contributed by atoms with Crippen LogP contribution in [0.4, 0.5) is 0 Å². The third-order valence-electron chi connectivity index (χ3n) is 5.53. The van der Waals surface area contributed by atoms with Gasteiger partial charge in [0.1, 0.15) is 11.9 Å². The van der Waals surface area contributed by atoms with Gasteiger partial charge < -0.3 is 14.3 Å². The molecule has 0 bridgehead atoms. The minimum atomic E-state index is -0.913. The van der Waals surface area contributed by atoms with Gasteiger partial charge in [-0.2, -0.15) is 0 Å². The summed E-state index contributed by atoms with van der Waals surface area (Å²) in [5.41, 5.74) is -0.711. The van der Waals surface area contributed by atoms with Gasteiger partial charge >= 0.3 is 0 Å². The summed E-state index contributed by atoms with van der Waals surface area (Å²) in [4.78, 5) is 23.9. The van der Waals surface area contributed by atoms with E-state index in [0.717, 1.165) is 12.7 Å². The third-order valence-corrected chi connectivity index (χ3v) is 5.53. The molecule has 0 N–H and O–H groups in total. The Balaban J connectivity index is 1.85. The summed E-state index contributed by atoms with van der Waals surface area (Å²) in [5.74, 6) is -0.0587. The van der Waals surface area contributed by atoms with Gasteiger partial charge in [-0.3, -0.25) is 4.79 Å². The van der Waals surface area contributed by atoms with Crippen LogP contribution in [0.5, 0.6) is 0 Å². The molecule has 20 heavy (non-hydrogen) atoms. The molecule has 0 aromatic carbocycles. The highest BCUT2D eigenvalue weighted by atomic mass is 16.6. The fourth-order valence-corrected chi connectivity index (χ4v) is 4.49. The maximum atomic E-state index is 12.2. The number of epoxide rings is 1. The molecule has 3 fully saturated rings. The predicted molar refractivity (Wildman–Crippen MR) is 73.3 cm³/mol. The summed E-state index contributed by atoms with van der Waals surface area (Å²) in [6, 6.07) is 0. The molecule has 1 aliphatic heterocycles. The Morgan fingerprint density at radius 3 is 2.70 bits per heavy atom. The summed E-state index contributed by atoms with van der Waals surface area (Å²) in [6.45, 7) is 6.12. The molecule has 0 amide bonds. The van der Waals surface area contributed by atoms with Gasteiger partial charge in [-0.15, -0.1) is 0 Å². The van der Waals surface area contributed by atoms with Gasteiger partial charge in [0, 0.05) is 19.4 Å². The van der Waals surface area contributed by atoms with Crippen LogP contribution in [-0.2, 0) is 19.1 Å². The van der Waals surface area contributed by atoms with E-state index < -0.39 is 16.6 Å². The highest BCUT2D eigenvalue weighted by Gasteiger charge is 2.91. The SMILES string of the molecule is CO[C@]12C(=O)CC[C@@]1(C=O)C2[C@@]1(C)O[C@@H]1CC=C(C)C. The number of carbonyl (C=O) groups excluding carboxylic acids is 2. The van der Waals surface area contributed by atoms with Crippen LogP contribution in [0.2, 0.25) is 0 Å². The van der Waals surface area contributed by atoms with E-state index in [1.54, 1.807) is 0 Å². The molecule has 2 aliphatic carbocycles. The van der Waals surface area contributed by atoms with Crippen LogP contribution in [0.15, 0.2) is 11.6 Å². The second-order valence-electron chi connectivity index (χ2n) is 6.76. The highest BCUT2D eigenvalue weighted by molar-refractivity contribution is 6.02. The Hall–Kier alpha value is -1.00. The van der Waals surface area contributed by atoms with E-state index >= 15 is 0 Å². The summed E-state index contributed by atoms with van der Waals surface area (Å²) in [5, 5.41) is 0. The first-order valence-corrected chi connectivity index (χ1v) is 7.25. The molecule has 0 spiro atoms. The molecule has 1 saturated heterocycles. The predicted octanol–water partition coefficient (Wildman–Crippen LogP) is 2.06. The van der Waals surface area contributed by atoms with Crippen LogP contribution in [0.1, 0.15) is 40.0 Å². The van der Waals surface area contributed by atoms with Crippen LogP contribution < -0.4 is 0 Å². The lowest BCUT2D eigenvalue weighted by atomic mass is 9.89. The number of Topliss-reactive ketones (excluding diaryl/α,β-unsaturated/α-hetero) is 1. The highest BCUT2D eigenvalue weighted by Crippen LogP contribution is 2.77. The number of allylic oxidation sites excluding steroid dienone is 1. The van der Waals surface area contributed by atoms with Crippen LogP contribution in [0, 0.1) is 11.3 Å². The first kappa shape index (κ1) is 14.0. The molecule has 2 saturated carbocycles. The van der Waals surface area contributed by atoms with Crippen molar-refractivity contribution < 1.29 is 19.1 Å². The number of methoxy groups -OCH3 is 1. The summed E-state index contributed by atoms with van der Waals surface area (Å²) >= 11 is 0. The van der Waals surface area contributed by atoms with Gasteiger partial charge in [0.2, 0.25) is 0 Å². The van der Waals surface area contributed by atoms with Gasteiger partial charge in [0.15, 0.2) is 5.78 Å². The lowest BCUT2D eigenvalue weighted by Crippen LogP contribution is -2.31. The average molecular weight is 278 g/mol. The first-order valence-electron chi connectivity index (χ1n) is 7.25. The largest absolute Gasteiger partial charge is 0.369 e. The second kappa shape index (κ2) is 4.01. The fourth-order valence-electron chi connectivity index (χ4n) is 4.49. The van der Waals surface area contributed by atoms with Gasteiger partial charge in [-0.1, -0.05) is 11.6 Å². The second-order valence-corrected chi connectivity index (χ2v) is 6.76. The van der Waals surface area contributed by atoms with Crippen molar-refractivity contribution in [3.8, 4) is 0 Å². The minimum Gasteiger partial charge on any atom is -0.369 e. The molecule has 3 rings (SSSR count). The zero-order chi connectivity index (χ0) is 14.8. The quantitative estimate of drug-likeness (QED) is 0.439. The molecule has 3 aliphatic rings. The Morgan fingerprint density at radius 2 is 2.20 bits per heavy atom. The standard InChI is InChI=1S/C16H22O4/c1-10(2)5-6-12-14(3,20-12)13-15(9-17)8-7-11(18)16(13,15)19-4/h5,9,12-13H,6-8H2,1-4H3/t12-,13?,14+,15-,16+/m1/s1. The van der Waals surface area contributed by atoms with Crippen molar-refractivity contribution in [2.24, 2.45) is 11.3 Å². The number of ether oxygens (including phenoxy) is 2. The van der Waals surface area contributed by atoms with Crippen molar-refractivity contribution in [2.75, 3.05) is 7.11 Å². The number of aldehydes is 1. The smallest absolute Gasteiger partial charge is 0.166 e. The number of ketones is 1. The van der Waals surface area contributed by atoms with Crippen molar-refractivity contribution in [3.05, 3.63) is 11.6 Å². The lowest BCUT2D eigenvalue weighted by Gasteiger charge is -2.14. The Bertz CT molecular complexity index is 507. The molecule has 0 aromatic heterocycles. The maximum Gasteiger partial charge on any atom is 0.166 e. The van der Waals surface area contributed by atoms with Crippen LogP contribution in [-0.4, -0.2) is 36.5 Å². The van der Waals surface area contributed by atoms with Crippen LogP contribution in [0.3, 0.4) is 0 Å². The minimum absolute atomic E-state index is 0.0646. The molecule has 0 radical (unpaired) electrons. The van der Waals surface area contributed by atoms with Crippen molar-refractivity contribution in [1.29, 1.82) is 0 Å². The van der Waals surface area contributed by atoms with Gasteiger partial charge in [0.25, 0.3) is 0 Å². The van der Waals surface area contributed by atoms with Gasteiger partial charge in [-0.05, 0) is 33.6 Å². The van der Waals surface area contributed by atoms with E-state index in [9.17, 15) is 9.59 Å². The van der Waals surface area contributed by atoms with Crippen molar-refractivity contribution >= 4 is 12.1 Å². The van der Waals surface area contributed by atoms with E-state index in [-0.39, 0.29) is 17.8 Å². The number of rotatable bonds is 5. The van der Waals surface area contributed by atoms with E-state index in [1.165, 1.54) is 12.7 Å². The van der Waals surface area contributed by atoms with E-state index in [4.69, 9.17) is 9.47 Å². The molecular weight excluding hydrogens is 256 g/mol. The van der Waals surface area contributed by atoms with Crippen molar-refractivity contribution in [1.82, 2.24) is 0 Å². The summed E-state index contributed by atoms with van der Waals surface area (Å²) in [7, 11) is 1.54. The average Bonchev–Trinajstić information content (AvgIpc) is 3.22. The maximum absolute atomic E-state index is 12.2. The monoisotopic (exact) mass is 278 g/mol. The Labute approximate surface area is 119 Å². The molecule has 110 valence electrons. The number of hydrogen-bond donors (Lipinski definition) is 0. The summed E-state index contributed by atoms with van der Waals surface area (Å²) < 4.78 is 11.4. The molecule has 1 heterocycles. The molecular formula is C16H22O4. The molecule has 1 unspecified atom stereocenters. The molecule has 4 heteroatoms. The Kier molecular flexibility index (Phi) is 2.80.